The quantitative estimate of drug-likeness (QED) is 0.628. The topological polar surface area (TPSA) is 16.1 Å². The van der Waals surface area contributed by atoms with Crippen molar-refractivity contribution in [2.45, 2.75) is 13.8 Å². The van der Waals surface area contributed by atoms with Crippen LogP contribution in [0.5, 0.6) is 0 Å². The van der Waals surface area contributed by atoms with Crippen LogP contribution in [0.15, 0.2) is 59.1 Å². The number of hydrogen-bond acceptors (Lipinski definition) is 2. The molecule has 1 heterocycles. The lowest BCUT2D eigenvalue weighted by Gasteiger charge is -2.24. The molecule has 0 bridgehead atoms. The Kier molecular flexibility index (Phi) is 3.93. The van der Waals surface area contributed by atoms with Gasteiger partial charge in [-0.25, -0.2) is 4.98 Å². The summed E-state index contributed by atoms with van der Waals surface area (Å²) >= 11 is 3.52. The van der Waals surface area contributed by atoms with Crippen molar-refractivity contribution in [3.63, 3.8) is 0 Å². The van der Waals surface area contributed by atoms with Crippen LogP contribution >= 0.6 is 15.9 Å². The van der Waals surface area contributed by atoms with E-state index < -0.39 is 0 Å². The van der Waals surface area contributed by atoms with E-state index >= 15 is 0 Å². The molecule has 2 aromatic carbocycles. The minimum Gasteiger partial charge on any atom is -0.326 e. The second-order valence-electron chi connectivity index (χ2n) is 4.98. The molecular weight excluding hydrogens is 324 g/mol. The lowest BCUT2D eigenvalue weighted by Crippen LogP contribution is -2.18. The molecular formula is C18H17BrN2. The van der Waals surface area contributed by atoms with E-state index in [-0.39, 0.29) is 0 Å². The Morgan fingerprint density at radius 3 is 2.52 bits per heavy atom. The molecule has 0 N–H and O–H groups in total. The lowest BCUT2D eigenvalue weighted by atomic mass is 10.1. The number of nitrogens with zero attached hydrogens (tertiary/aromatic N) is 2. The molecule has 0 fully saturated rings. The predicted octanol–water partition coefficient (Wildman–Crippen LogP) is 5.46. The molecule has 0 aliphatic heterocycles. The molecule has 106 valence electrons. The maximum absolute atomic E-state index is 4.71. The van der Waals surface area contributed by atoms with Gasteiger partial charge in [0.2, 0.25) is 0 Å². The molecule has 3 heteroatoms. The number of aromatic nitrogens is 1. The number of hydrogen-bond donors (Lipinski definition) is 0. The van der Waals surface area contributed by atoms with Crippen LogP contribution in [0.4, 0.5) is 11.5 Å². The molecule has 0 aliphatic carbocycles. The average Bonchev–Trinajstić information content (AvgIpc) is 2.52. The van der Waals surface area contributed by atoms with Crippen LogP contribution < -0.4 is 4.90 Å². The number of anilines is 2. The van der Waals surface area contributed by atoms with Crippen molar-refractivity contribution >= 4 is 38.2 Å². The zero-order valence-corrected chi connectivity index (χ0v) is 13.8. The summed E-state index contributed by atoms with van der Waals surface area (Å²) in [7, 11) is 0. The Hall–Kier alpha value is -1.87. The van der Waals surface area contributed by atoms with E-state index in [1.807, 2.05) is 6.92 Å². The van der Waals surface area contributed by atoms with Crippen molar-refractivity contribution in [1.29, 1.82) is 0 Å². The summed E-state index contributed by atoms with van der Waals surface area (Å²) in [5.74, 6) is 0.981. The zero-order chi connectivity index (χ0) is 14.8. The van der Waals surface area contributed by atoms with Gasteiger partial charge in [0.1, 0.15) is 5.82 Å². The molecule has 0 radical (unpaired) electrons. The normalized spacial score (nSPS) is 10.8. The van der Waals surface area contributed by atoms with Crippen molar-refractivity contribution in [1.82, 2.24) is 4.98 Å². The van der Waals surface area contributed by atoms with Gasteiger partial charge in [-0.15, -0.1) is 0 Å². The molecule has 0 aliphatic rings. The summed E-state index contributed by atoms with van der Waals surface area (Å²) < 4.78 is 1.04. The Morgan fingerprint density at radius 2 is 1.76 bits per heavy atom. The predicted molar refractivity (Wildman–Crippen MR) is 93.3 cm³/mol. The van der Waals surface area contributed by atoms with Crippen molar-refractivity contribution in [3.8, 4) is 0 Å². The third kappa shape index (κ3) is 2.66. The summed E-state index contributed by atoms with van der Waals surface area (Å²) in [6.07, 6.45) is 0. The van der Waals surface area contributed by atoms with Gasteiger partial charge < -0.3 is 4.90 Å². The molecule has 0 unspecified atom stereocenters. The average molecular weight is 341 g/mol. The van der Waals surface area contributed by atoms with Crippen LogP contribution in [0, 0.1) is 6.92 Å². The van der Waals surface area contributed by atoms with Gasteiger partial charge in [-0.1, -0.05) is 36.4 Å². The van der Waals surface area contributed by atoms with Crippen molar-refractivity contribution in [2.24, 2.45) is 0 Å². The summed E-state index contributed by atoms with van der Waals surface area (Å²) in [4.78, 5) is 6.96. The highest BCUT2D eigenvalue weighted by Gasteiger charge is 2.12. The lowest BCUT2D eigenvalue weighted by molar-refractivity contribution is 0.981. The van der Waals surface area contributed by atoms with Crippen LogP contribution in [0.1, 0.15) is 12.6 Å². The van der Waals surface area contributed by atoms with E-state index in [0.717, 1.165) is 22.5 Å². The van der Waals surface area contributed by atoms with Gasteiger partial charge in [0.15, 0.2) is 0 Å². The molecule has 1 aromatic heterocycles. The minimum atomic E-state index is 0.877. The summed E-state index contributed by atoms with van der Waals surface area (Å²) in [6.45, 7) is 5.05. The van der Waals surface area contributed by atoms with Crippen LogP contribution in [0.2, 0.25) is 0 Å². The van der Waals surface area contributed by atoms with Crippen molar-refractivity contribution in [2.75, 3.05) is 11.4 Å². The van der Waals surface area contributed by atoms with Gasteiger partial charge in [-0.05, 0) is 53.4 Å². The molecule has 3 aromatic rings. The van der Waals surface area contributed by atoms with E-state index in [2.05, 4.69) is 82.4 Å². The highest BCUT2D eigenvalue weighted by atomic mass is 79.9. The standard InChI is InChI=1S/C18H17BrN2/c1-3-21(18-12-11-16(19)13(2)20-18)17-10-6-8-14-7-4-5-9-15(14)17/h4-12H,3H2,1-2H3. The summed E-state index contributed by atoms with van der Waals surface area (Å²) in [5, 5.41) is 2.51. The fraction of sp³-hybridized carbons (Fsp3) is 0.167. The molecule has 0 amide bonds. The molecule has 0 atom stereocenters. The molecule has 0 saturated heterocycles. The van der Waals surface area contributed by atoms with E-state index in [9.17, 15) is 0 Å². The highest BCUT2D eigenvalue weighted by Crippen LogP contribution is 2.32. The molecule has 3 rings (SSSR count). The number of halogens is 1. The molecule has 21 heavy (non-hydrogen) atoms. The van der Waals surface area contributed by atoms with E-state index in [4.69, 9.17) is 4.98 Å². The summed E-state index contributed by atoms with van der Waals surface area (Å²) in [6, 6.07) is 19.0. The Bertz CT molecular complexity index is 778. The zero-order valence-electron chi connectivity index (χ0n) is 12.2. The van der Waals surface area contributed by atoms with Gasteiger partial charge >= 0.3 is 0 Å². The fourth-order valence-corrected chi connectivity index (χ4v) is 2.80. The van der Waals surface area contributed by atoms with Gasteiger partial charge in [0, 0.05) is 16.4 Å². The van der Waals surface area contributed by atoms with E-state index in [1.165, 1.54) is 16.5 Å². The first-order chi connectivity index (χ1) is 10.2. The van der Waals surface area contributed by atoms with Crippen LogP contribution in [-0.4, -0.2) is 11.5 Å². The monoisotopic (exact) mass is 340 g/mol. The van der Waals surface area contributed by atoms with Crippen molar-refractivity contribution < 1.29 is 0 Å². The van der Waals surface area contributed by atoms with Gasteiger partial charge in [-0.2, -0.15) is 0 Å². The molecule has 0 saturated carbocycles. The number of fused-ring (bicyclic) bond motifs is 1. The van der Waals surface area contributed by atoms with Crippen LogP contribution in [0.3, 0.4) is 0 Å². The first kappa shape index (κ1) is 14.1. The Morgan fingerprint density at radius 1 is 1.00 bits per heavy atom. The van der Waals surface area contributed by atoms with Crippen molar-refractivity contribution in [3.05, 3.63) is 64.8 Å². The smallest absolute Gasteiger partial charge is 0.133 e. The Balaban J connectivity index is 2.16. The van der Waals surface area contributed by atoms with Gasteiger partial charge in [0.05, 0.1) is 11.4 Å². The number of rotatable bonds is 3. The van der Waals surface area contributed by atoms with E-state index in [1.54, 1.807) is 0 Å². The summed E-state index contributed by atoms with van der Waals surface area (Å²) in [5.41, 5.74) is 2.20. The first-order valence-electron chi connectivity index (χ1n) is 7.09. The fourth-order valence-electron chi connectivity index (χ4n) is 2.58. The molecule has 0 spiro atoms. The first-order valence-corrected chi connectivity index (χ1v) is 7.88. The SMILES string of the molecule is CCN(c1ccc(Br)c(C)n1)c1cccc2ccccc12. The third-order valence-electron chi connectivity index (χ3n) is 3.66. The highest BCUT2D eigenvalue weighted by molar-refractivity contribution is 9.10. The third-order valence-corrected chi connectivity index (χ3v) is 4.49. The van der Waals surface area contributed by atoms with Gasteiger partial charge in [0.25, 0.3) is 0 Å². The Labute approximate surface area is 133 Å². The second-order valence-corrected chi connectivity index (χ2v) is 5.83. The largest absolute Gasteiger partial charge is 0.326 e. The maximum atomic E-state index is 4.71. The number of pyridine rings is 1. The second kappa shape index (κ2) is 5.86. The van der Waals surface area contributed by atoms with Gasteiger partial charge in [-0.3, -0.25) is 0 Å². The molecule has 2 nitrogen and oxygen atoms in total. The minimum absolute atomic E-state index is 0.877. The van der Waals surface area contributed by atoms with E-state index in [0.29, 0.717) is 0 Å². The maximum Gasteiger partial charge on any atom is 0.133 e. The van der Waals surface area contributed by atoms with Crippen LogP contribution in [-0.2, 0) is 0 Å². The number of aryl methyl sites for hydroxylation is 1. The van der Waals surface area contributed by atoms with Crippen LogP contribution in [0.25, 0.3) is 10.8 Å². The number of benzene rings is 2.